The average molecular weight is 351 g/mol. The summed E-state index contributed by atoms with van der Waals surface area (Å²) in [6, 6.07) is 12.7. The minimum absolute atomic E-state index is 0.236. The van der Waals surface area contributed by atoms with Gasteiger partial charge in [0.15, 0.2) is 0 Å². The van der Waals surface area contributed by atoms with E-state index in [1.54, 1.807) is 11.9 Å². The van der Waals surface area contributed by atoms with Crippen LogP contribution >= 0.6 is 0 Å². The molecule has 0 saturated carbocycles. The molecule has 0 saturated heterocycles. The van der Waals surface area contributed by atoms with Gasteiger partial charge < -0.3 is 4.90 Å². The first-order valence-electron chi connectivity index (χ1n) is 8.29. The maximum atomic E-state index is 12.6. The molecule has 2 heterocycles. The molecule has 0 spiro atoms. The van der Waals surface area contributed by atoms with E-state index >= 15 is 0 Å². The summed E-state index contributed by atoms with van der Waals surface area (Å²) in [5, 5.41) is 8.63. The molecule has 0 aliphatic heterocycles. The predicted molar refractivity (Wildman–Crippen MR) is 98.3 cm³/mol. The van der Waals surface area contributed by atoms with Gasteiger partial charge in [0.05, 0.1) is 11.4 Å². The lowest BCUT2D eigenvalue weighted by Crippen LogP contribution is -2.30. The molecule has 0 aliphatic rings. The largest absolute Gasteiger partial charge is 0.336 e. The van der Waals surface area contributed by atoms with Gasteiger partial charge in [-0.3, -0.25) is 9.59 Å². The quantitative estimate of drug-likeness (QED) is 0.719. The third-order valence-electron chi connectivity index (χ3n) is 4.36. The van der Waals surface area contributed by atoms with Crippen molar-refractivity contribution in [3.05, 3.63) is 75.5 Å². The number of nitrogens with zero attached hydrogens (tertiary/aromatic N) is 5. The van der Waals surface area contributed by atoms with Crippen molar-refractivity contribution >= 4 is 5.91 Å². The predicted octanol–water partition coefficient (Wildman–Crippen LogP) is 1.86. The Bertz CT molecular complexity index is 1000. The van der Waals surface area contributed by atoms with Crippen LogP contribution in [0, 0.1) is 13.8 Å². The van der Waals surface area contributed by atoms with Crippen molar-refractivity contribution in [1.29, 1.82) is 0 Å². The molecule has 0 radical (unpaired) electrons. The summed E-state index contributed by atoms with van der Waals surface area (Å²) in [4.78, 5) is 25.7. The molecule has 26 heavy (non-hydrogen) atoms. The Labute approximate surface area is 151 Å². The Morgan fingerprint density at radius 2 is 1.77 bits per heavy atom. The standard InChI is InChI=1S/C19H21N5O2/c1-13-16(14(2)24(20-13)15-8-6-5-7-9-15)12-22(3)19(26)17-10-11-18(25)23(4)21-17/h5-11H,12H2,1-4H3. The van der Waals surface area contributed by atoms with Crippen LogP contribution in [0.3, 0.4) is 0 Å². The van der Waals surface area contributed by atoms with E-state index in [4.69, 9.17) is 0 Å². The summed E-state index contributed by atoms with van der Waals surface area (Å²) in [7, 11) is 3.24. The van der Waals surface area contributed by atoms with E-state index in [9.17, 15) is 9.59 Å². The third kappa shape index (κ3) is 3.28. The summed E-state index contributed by atoms with van der Waals surface area (Å²) in [5.74, 6) is -0.244. The summed E-state index contributed by atoms with van der Waals surface area (Å²) in [6.45, 7) is 4.34. The number of hydrogen-bond donors (Lipinski definition) is 0. The van der Waals surface area contributed by atoms with Crippen LogP contribution in [0.4, 0.5) is 0 Å². The molecular weight excluding hydrogens is 330 g/mol. The zero-order chi connectivity index (χ0) is 18.8. The Morgan fingerprint density at radius 1 is 1.08 bits per heavy atom. The maximum Gasteiger partial charge on any atom is 0.274 e. The van der Waals surface area contributed by atoms with E-state index in [0.29, 0.717) is 6.54 Å². The highest BCUT2D eigenvalue weighted by Gasteiger charge is 2.19. The van der Waals surface area contributed by atoms with Crippen LogP contribution in [0.1, 0.15) is 27.4 Å². The molecule has 3 aromatic rings. The topological polar surface area (TPSA) is 73.0 Å². The van der Waals surface area contributed by atoms with Crippen LogP contribution in [-0.4, -0.2) is 37.4 Å². The second kappa shape index (κ2) is 6.95. The number of hydrogen-bond acceptors (Lipinski definition) is 4. The molecular formula is C19H21N5O2. The number of aryl methyl sites for hydroxylation is 2. The molecule has 1 amide bonds. The van der Waals surface area contributed by atoms with Crippen molar-refractivity contribution in [2.45, 2.75) is 20.4 Å². The fourth-order valence-corrected chi connectivity index (χ4v) is 2.85. The van der Waals surface area contributed by atoms with Crippen molar-refractivity contribution in [2.75, 3.05) is 7.05 Å². The smallest absolute Gasteiger partial charge is 0.274 e. The Balaban J connectivity index is 1.86. The van der Waals surface area contributed by atoms with Gasteiger partial charge in [0.1, 0.15) is 5.69 Å². The average Bonchev–Trinajstić information content (AvgIpc) is 2.92. The van der Waals surface area contributed by atoms with E-state index in [1.165, 1.54) is 19.2 Å². The van der Waals surface area contributed by atoms with E-state index in [-0.39, 0.29) is 17.2 Å². The first-order chi connectivity index (χ1) is 12.4. The number of amides is 1. The molecule has 0 aliphatic carbocycles. The number of carbonyl (C=O) groups excluding carboxylic acids is 1. The first kappa shape index (κ1) is 17.6. The third-order valence-corrected chi connectivity index (χ3v) is 4.36. The molecule has 0 atom stereocenters. The van der Waals surface area contributed by atoms with Gasteiger partial charge in [0.2, 0.25) is 0 Å². The summed E-state index contributed by atoms with van der Waals surface area (Å²) in [6.07, 6.45) is 0. The zero-order valence-corrected chi connectivity index (χ0v) is 15.3. The molecule has 0 fully saturated rings. The number of para-hydroxylation sites is 1. The van der Waals surface area contributed by atoms with E-state index in [0.717, 1.165) is 27.3 Å². The maximum absolute atomic E-state index is 12.6. The lowest BCUT2D eigenvalue weighted by molar-refractivity contribution is 0.0776. The summed E-state index contributed by atoms with van der Waals surface area (Å²) in [5.41, 5.74) is 3.82. The van der Waals surface area contributed by atoms with Crippen molar-refractivity contribution in [3.63, 3.8) is 0 Å². The Kier molecular flexibility index (Phi) is 4.71. The number of aromatic nitrogens is 4. The highest BCUT2D eigenvalue weighted by atomic mass is 16.2. The highest BCUT2D eigenvalue weighted by Crippen LogP contribution is 2.19. The van der Waals surface area contributed by atoms with Gasteiger partial charge in [-0.05, 0) is 32.0 Å². The molecule has 0 bridgehead atoms. The van der Waals surface area contributed by atoms with Crippen molar-refractivity contribution in [1.82, 2.24) is 24.5 Å². The van der Waals surface area contributed by atoms with Gasteiger partial charge in [-0.2, -0.15) is 10.2 Å². The second-order valence-corrected chi connectivity index (χ2v) is 6.24. The van der Waals surface area contributed by atoms with E-state index in [1.807, 2.05) is 48.9 Å². The molecule has 7 heteroatoms. The lowest BCUT2D eigenvalue weighted by Gasteiger charge is -2.17. The highest BCUT2D eigenvalue weighted by molar-refractivity contribution is 5.91. The molecule has 3 rings (SSSR count). The van der Waals surface area contributed by atoms with Crippen molar-refractivity contribution in [3.8, 4) is 5.69 Å². The summed E-state index contributed by atoms with van der Waals surface area (Å²) >= 11 is 0. The SMILES string of the molecule is Cc1nn(-c2ccccc2)c(C)c1CN(C)C(=O)c1ccc(=O)n(C)n1. The second-order valence-electron chi connectivity index (χ2n) is 6.24. The minimum Gasteiger partial charge on any atom is -0.336 e. The van der Waals surface area contributed by atoms with Crippen molar-refractivity contribution in [2.24, 2.45) is 7.05 Å². The molecule has 2 aromatic heterocycles. The normalized spacial score (nSPS) is 10.8. The van der Waals surface area contributed by atoms with Gasteiger partial charge in [0, 0.05) is 38.0 Å². The van der Waals surface area contributed by atoms with Gasteiger partial charge in [-0.15, -0.1) is 0 Å². The van der Waals surface area contributed by atoms with Crippen LogP contribution in [0.25, 0.3) is 5.69 Å². The van der Waals surface area contributed by atoms with Gasteiger partial charge in [-0.25, -0.2) is 9.36 Å². The van der Waals surface area contributed by atoms with Crippen LogP contribution in [0.2, 0.25) is 0 Å². The number of benzene rings is 1. The molecule has 0 N–H and O–H groups in total. The fourth-order valence-electron chi connectivity index (χ4n) is 2.85. The molecule has 1 aromatic carbocycles. The van der Waals surface area contributed by atoms with Crippen molar-refractivity contribution < 1.29 is 4.79 Å². The molecule has 7 nitrogen and oxygen atoms in total. The Morgan fingerprint density at radius 3 is 2.42 bits per heavy atom. The fraction of sp³-hybridized carbons (Fsp3) is 0.263. The van der Waals surface area contributed by atoms with Crippen LogP contribution in [0.15, 0.2) is 47.3 Å². The van der Waals surface area contributed by atoms with Crippen LogP contribution < -0.4 is 5.56 Å². The molecule has 134 valence electrons. The van der Waals surface area contributed by atoms with E-state index < -0.39 is 0 Å². The number of carbonyl (C=O) groups is 1. The number of rotatable bonds is 4. The lowest BCUT2D eigenvalue weighted by atomic mass is 10.2. The van der Waals surface area contributed by atoms with Gasteiger partial charge in [-0.1, -0.05) is 18.2 Å². The molecule has 0 unspecified atom stereocenters. The van der Waals surface area contributed by atoms with Gasteiger partial charge >= 0.3 is 0 Å². The summed E-state index contributed by atoms with van der Waals surface area (Å²) < 4.78 is 3.04. The minimum atomic E-state index is -0.250. The zero-order valence-electron chi connectivity index (χ0n) is 15.3. The van der Waals surface area contributed by atoms with Crippen LogP contribution in [-0.2, 0) is 13.6 Å². The van der Waals surface area contributed by atoms with E-state index in [2.05, 4.69) is 10.2 Å². The van der Waals surface area contributed by atoms with Crippen LogP contribution in [0.5, 0.6) is 0 Å². The monoisotopic (exact) mass is 351 g/mol. The van der Waals surface area contributed by atoms with Gasteiger partial charge in [0.25, 0.3) is 11.5 Å². The Hall–Kier alpha value is -3.22. The first-order valence-corrected chi connectivity index (χ1v) is 8.29.